The van der Waals surface area contributed by atoms with Crippen molar-refractivity contribution in [2.75, 3.05) is 25.2 Å². The van der Waals surface area contributed by atoms with E-state index < -0.39 is 8.07 Å². The zero-order valence-electron chi connectivity index (χ0n) is 27.1. The van der Waals surface area contributed by atoms with Crippen LogP contribution in [0.1, 0.15) is 31.0 Å². The van der Waals surface area contributed by atoms with E-state index in [1.54, 1.807) is 12.0 Å². The number of fused-ring (bicyclic) bond motifs is 1. The quantitative estimate of drug-likeness (QED) is 0.210. The Hall–Kier alpha value is -3.99. The summed E-state index contributed by atoms with van der Waals surface area (Å²) in [7, 11) is -0.269. The van der Waals surface area contributed by atoms with E-state index in [-0.39, 0.29) is 31.3 Å². The van der Waals surface area contributed by atoms with Gasteiger partial charge < -0.3 is 19.3 Å². The number of para-hydroxylation sites is 2. The molecule has 1 aromatic heterocycles. The Labute approximate surface area is 272 Å². The maximum atomic E-state index is 12.8. The summed E-state index contributed by atoms with van der Waals surface area (Å²) in [6.07, 6.45) is 5.33. The number of carbonyl (C=O) groups excluding carboxylic acids is 1. The van der Waals surface area contributed by atoms with Crippen LogP contribution in [0, 0.1) is 5.92 Å². The highest BCUT2D eigenvalue weighted by Crippen LogP contribution is 2.46. The molecule has 0 bridgehead atoms. The molecule has 3 heterocycles. The fraction of sp³-hybridized carbons (Fsp3) is 0.417. The Bertz CT molecular complexity index is 1620. The van der Waals surface area contributed by atoms with Crippen LogP contribution in [0.2, 0.25) is 18.6 Å². The lowest BCUT2D eigenvalue weighted by atomic mass is 9.95. The molecule has 2 aliphatic heterocycles. The summed E-state index contributed by atoms with van der Waals surface area (Å²) < 4.78 is 19.9. The lowest BCUT2D eigenvalue weighted by Gasteiger charge is -2.36. The van der Waals surface area contributed by atoms with Crippen LogP contribution in [0.25, 0.3) is 0 Å². The minimum absolute atomic E-state index is 0.0366. The molecule has 0 unspecified atom stereocenters. The molecule has 4 aromatic rings. The first-order valence-corrected chi connectivity index (χ1v) is 19.3. The van der Waals surface area contributed by atoms with Crippen LogP contribution in [0.4, 0.5) is 11.4 Å². The molecule has 1 amide bonds. The van der Waals surface area contributed by atoms with E-state index in [0.717, 1.165) is 54.4 Å². The third-order valence-corrected chi connectivity index (χ3v) is 14.2. The number of amides is 1. The minimum Gasteiger partial charge on any atom is -0.497 e. The van der Waals surface area contributed by atoms with Crippen LogP contribution in [-0.4, -0.2) is 66.6 Å². The van der Waals surface area contributed by atoms with Crippen LogP contribution < -0.4 is 19.6 Å². The number of nitrogens with zero attached hydrogens (tertiary/aromatic N) is 4. The zero-order valence-corrected chi connectivity index (χ0v) is 28.1. The topological polar surface area (TPSA) is 98.9 Å². The Morgan fingerprint density at radius 1 is 0.978 bits per heavy atom. The molecule has 6 rings (SSSR count). The molecule has 0 spiro atoms. The predicted molar refractivity (Wildman–Crippen MR) is 181 cm³/mol. The number of anilines is 2. The summed E-state index contributed by atoms with van der Waals surface area (Å²) in [5, 5.41) is 19.2. The van der Waals surface area contributed by atoms with E-state index in [4.69, 9.17) is 14.2 Å². The van der Waals surface area contributed by atoms with Crippen LogP contribution in [0.5, 0.6) is 11.5 Å². The van der Waals surface area contributed by atoms with Gasteiger partial charge in [0.05, 0.1) is 38.8 Å². The number of carbonyl (C=O) groups is 1. The number of aliphatic hydroxyl groups is 1. The molecule has 242 valence electrons. The van der Waals surface area contributed by atoms with Crippen molar-refractivity contribution in [2.24, 2.45) is 5.92 Å². The number of aromatic nitrogens is 3. The molecular weight excluding hydrogens is 597 g/mol. The van der Waals surface area contributed by atoms with Crippen molar-refractivity contribution in [3.05, 3.63) is 90.3 Å². The minimum atomic E-state index is -1.97. The number of rotatable bonds is 12. The molecule has 0 saturated carbocycles. The molecular formula is C36H44N4O5Si. The highest BCUT2D eigenvalue weighted by atomic mass is 28.3. The van der Waals surface area contributed by atoms with E-state index in [2.05, 4.69) is 66.7 Å². The summed E-state index contributed by atoms with van der Waals surface area (Å²) in [5.74, 6) is 1.90. The molecule has 1 saturated heterocycles. The first-order valence-electron chi connectivity index (χ1n) is 16.2. The van der Waals surface area contributed by atoms with Crippen LogP contribution >= 0.6 is 0 Å². The van der Waals surface area contributed by atoms with Crippen molar-refractivity contribution >= 4 is 30.5 Å². The fourth-order valence-corrected chi connectivity index (χ4v) is 11.5. The molecule has 4 atom stereocenters. The number of ether oxygens (including phenoxy) is 3. The maximum Gasteiger partial charge on any atom is 0.269 e. The van der Waals surface area contributed by atoms with Gasteiger partial charge in [-0.1, -0.05) is 66.8 Å². The first kappa shape index (κ1) is 32.0. The maximum absolute atomic E-state index is 12.8. The molecule has 9 nitrogen and oxygen atoms in total. The van der Waals surface area contributed by atoms with E-state index in [1.165, 1.54) is 10.8 Å². The number of hydrogen-bond acceptors (Lipinski definition) is 7. The van der Waals surface area contributed by atoms with Crippen molar-refractivity contribution < 1.29 is 24.1 Å². The van der Waals surface area contributed by atoms with E-state index >= 15 is 0 Å². The fourth-order valence-electron chi connectivity index (χ4n) is 7.36. The third kappa shape index (κ3) is 6.60. The van der Waals surface area contributed by atoms with Crippen molar-refractivity contribution in [3.63, 3.8) is 0 Å². The number of benzene rings is 3. The van der Waals surface area contributed by atoms with Gasteiger partial charge in [0.15, 0.2) is 6.61 Å². The molecule has 10 heteroatoms. The normalized spacial score (nSPS) is 21.2. The van der Waals surface area contributed by atoms with E-state index in [0.29, 0.717) is 17.9 Å². The monoisotopic (exact) mass is 640 g/mol. The highest BCUT2D eigenvalue weighted by Gasteiger charge is 2.50. The van der Waals surface area contributed by atoms with Gasteiger partial charge in [-0.25, -0.2) is 0 Å². The second-order valence-electron chi connectivity index (χ2n) is 13.0. The molecule has 2 aliphatic rings. The van der Waals surface area contributed by atoms with Crippen LogP contribution in [0.3, 0.4) is 0 Å². The largest absolute Gasteiger partial charge is 0.497 e. The van der Waals surface area contributed by atoms with Gasteiger partial charge in [0, 0.05) is 31.5 Å². The van der Waals surface area contributed by atoms with Crippen LogP contribution in [-0.2, 0) is 28.9 Å². The Balaban J connectivity index is 1.17. The van der Waals surface area contributed by atoms with Crippen molar-refractivity contribution in [1.29, 1.82) is 0 Å². The predicted octanol–water partition coefficient (Wildman–Crippen LogP) is 5.29. The van der Waals surface area contributed by atoms with Crippen molar-refractivity contribution in [1.82, 2.24) is 15.0 Å². The number of aliphatic hydroxyl groups excluding tert-OH is 1. The third-order valence-electron chi connectivity index (χ3n) is 9.79. The average molecular weight is 641 g/mol. The highest BCUT2D eigenvalue weighted by molar-refractivity contribution is 6.91. The van der Waals surface area contributed by atoms with Crippen molar-refractivity contribution in [2.45, 2.75) is 70.0 Å². The molecule has 1 fully saturated rings. The average Bonchev–Trinajstić information content (AvgIpc) is 3.66. The molecule has 0 radical (unpaired) electrons. The van der Waals surface area contributed by atoms with Gasteiger partial charge in [-0.05, 0) is 72.7 Å². The second-order valence-corrected chi connectivity index (χ2v) is 17.7. The lowest BCUT2D eigenvalue weighted by molar-refractivity contribution is -0.120. The standard InChI is InChI=1S/C36H44N4O5Si/c1-25-32(18-11-26-9-12-28(13-10-26)40-31-7-5-6-8-33(31)44-24-35(40)42)45-34(19-21-39-23-27(20-22-41)37-38-39)36(25)46(3,4)30-16-14-29(43-2)15-17-30/h5-10,12-17,23,25,32,34,36,41H,11,18-22,24H2,1-4H3/t25-,32+,34-,36+/m1/s1. The summed E-state index contributed by atoms with van der Waals surface area (Å²) in [4.78, 5) is 14.5. The lowest BCUT2D eigenvalue weighted by Crippen LogP contribution is -2.50. The van der Waals surface area contributed by atoms with Gasteiger partial charge in [0.25, 0.3) is 5.91 Å². The summed E-state index contributed by atoms with van der Waals surface area (Å²) in [6, 6.07) is 24.6. The van der Waals surface area contributed by atoms with Crippen LogP contribution in [0.15, 0.2) is 79.0 Å². The molecule has 0 aliphatic carbocycles. The molecule has 3 aromatic carbocycles. The summed E-state index contributed by atoms with van der Waals surface area (Å²) in [5.41, 5.74) is 4.06. The SMILES string of the molecule is COc1ccc([Si](C)(C)[C@H]2[C@H](C)[C@H](CCc3ccc(N4C(=O)COc5ccccc54)cc3)O[C@@H]2CCn2cc(CCO)nn2)cc1. The zero-order chi connectivity index (χ0) is 32.3. The van der Waals surface area contributed by atoms with Gasteiger partial charge in [-0.15, -0.1) is 5.10 Å². The van der Waals surface area contributed by atoms with Gasteiger partial charge in [-0.3, -0.25) is 14.4 Å². The Morgan fingerprint density at radius 3 is 2.48 bits per heavy atom. The Morgan fingerprint density at radius 2 is 1.74 bits per heavy atom. The first-order chi connectivity index (χ1) is 22.3. The van der Waals surface area contributed by atoms with Crippen molar-refractivity contribution in [3.8, 4) is 11.5 Å². The van der Waals surface area contributed by atoms with Gasteiger partial charge in [-0.2, -0.15) is 0 Å². The second kappa shape index (κ2) is 13.8. The van der Waals surface area contributed by atoms with E-state index in [9.17, 15) is 9.90 Å². The molecule has 46 heavy (non-hydrogen) atoms. The summed E-state index contributed by atoms with van der Waals surface area (Å²) >= 11 is 0. The van der Waals surface area contributed by atoms with E-state index in [1.807, 2.05) is 47.3 Å². The molecule has 1 N–H and O–H groups in total. The number of aryl methyl sites for hydroxylation is 2. The summed E-state index contributed by atoms with van der Waals surface area (Å²) in [6.45, 7) is 8.12. The van der Waals surface area contributed by atoms with Gasteiger partial charge in [0.1, 0.15) is 11.5 Å². The number of hydrogen-bond donors (Lipinski definition) is 1. The van der Waals surface area contributed by atoms with Gasteiger partial charge in [0.2, 0.25) is 0 Å². The number of methoxy groups -OCH3 is 1. The van der Waals surface area contributed by atoms with Gasteiger partial charge >= 0.3 is 0 Å². The smallest absolute Gasteiger partial charge is 0.269 e. The Kier molecular flexibility index (Phi) is 9.58.